The summed E-state index contributed by atoms with van der Waals surface area (Å²) in [7, 11) is 0. The zero-order valence-electron chi connectivity index (χ0n) is 14.2. The minimum absolute atomic E-state index is 0.240. The number of amides is 2. The number of rotatable bonds is 6. The number of ether oxygens (including phenoxy) is 1. The normalized spacial score (nSPS) is 16.1. The van der Waals surface area contributed by atoms with E-state index in [1.54, 1.807) is 17.4 Å². The van der Waals surface area contributed by atoms with Crippen LogP contribution < -0.4 is 4.74 Å². The van der Waals surface area contributed by atoms with E-state index in [0.29, 0.717) is 4.91 Å². The molecule has 1 saturated heterocycles. The highest BCUT2D eigenvalue weighted by molar-refractivity contribution is 8.18. The van der Waals surface area contributed by atoms with Crippen molar-refractivity contribution in [2.45, 2.75) is 20.3 Å². The van der Waals surface area contributed by atoms with Crippen molar-refractivity contribution in [1.82, 2.24) is 4.90 Å². The lowest BCUT2D eigenvalue weighted by atomic mass is 10.2. The summed E-state index contributed by atoms with van der Waals surface area (Å²) in [5, 5.41) is -0.240. The maximum atomic E-state index is 12.4. The molecule has 25 heavy (non-hydrogen) atoms. The van der Waals surface area contributed by atoms with E-state index in [2.05, 4.69) is 13.0 Å². The highest BCUT2D eigenvalue weighted by atomic mass is 32.2. The van der Waals surface area contributed by atoms with Crippen LogP contribution in [0.1, 0.15) is 22.2 Å². The van der Waals surface area contributed by atoms with Gasteiger partial charge in [0, 0.05) is 9.75 Å². The van der Waals surface area contributed by atoms with Crippen molar-refractivity contribution in [2.75, 3.05) is 13.2 Å². The average Bonchev–Trinajstić information content (AvgIpc) is 3.16. The van der Waals surface area contributed by atoms with Gasteiger partial charge in [-0.1, -0.05) is 24.6 Å². The van der Waals surface area contributed by atoms with Crippen molar-refractivity contribution >= 4 is 40.3 Å². The summed E-state index contributed by atoms with van der Waals surface area (Å²) in [5.74, 6) is 0.493. The molecule has 0 bridgehead atoms. The molecule has 0 radical (unpaired) electrons. The van der Waals surface area contributed by atoms with E-state index in [4.69, 9.17) is 4.74 Å². The van der Waals surface area contributed by atoms with Gasteiger partial charge >= 0.3 is 0 Å². The highest BCUT2D eigenvalue weighted by Crippen LogP contribution is 2.33. The molecule has 1 aliphatic rings. The zero-order chi connectivity index (χ0) is 17.8. The second-order valence-corrected chi connectivity index (χ2v) is 7.85. The van der Waals surface area contributed by atoms with E-state index in [9.17, 15) is 9.59 Å². The summed E-state index contributed by atoms with van der Waals surface area (Å²) < 4.78 is 5.62. The van der Waals surface area contributed by atoms with E-state index < -0.39 is 0 Å². The number of imide groups is 1. The number of carbonyl (C=O) groups excluding carboxylic acids is 2. The Kier molecular flexibility index (Phi) is 5.60. The molecule has 1 aromatic carbocycles. The van der Waals surface area contributed by atoms with Gasteiger partial charge in [0.05, 0.1) is 11.4 Å². The molecule has 1 aromatic heterocycles. The third-order valence-corrected chi connectivity index (χ3v) is 5.87. The van der Waals surface area contributed by atoms with Crippen LogP contribution in [0.15, 0.2) is 41.3 Å². The van der Waals surface area contributed by atoms with Crippen molar-refractivity contribution in [1.29, 1.82) is 0 Å². The first-order valence-electron chi connectivity index (χ1n) is 8.10. The van der Waals surface area contributed by atoms with Gasteiger partial charge in [0.2, 0.25) is 0 Å². The van der Waals surface area contributed by atoms with Crippen LogP contribution >= 0.6 is 23.1 Å². The predicted octanol–water partition coefficient (Wildman–Crippen LogP) is 4.73. The van der Waals surface area contributed by atoms with Gasteiger partial charge in [0.15, 0.2) is 0 Å². The Balaban J connectivity index is 1.60. The molecule has 0 unspecified atom stereocenters. The van der Waals surface area contributed by atoms with Gasteiger partial charge in [0.1, 0.15) is 12.4 Å². The zero-order valence-corrected chi connectivity index (χ0v) is 15.8. The first-order chi connectivity index (χ1) is 12.1. The number of thiophene rings is 1. The molecule has 1 fully saturated rings. The Bertz CT molecular complexity index is 808. The summed E-state index contributed by atoms with van der Waals surface area (Å²) in [6, 6.07) is 11.7. The topological polar surface area (TPSA) is 46.6 Å². The third kappa shape index (κ3) is 4.32. The minimum Gasteiger partial charge on any atom is -0.492 e. The molecule has 2 aromatic rings. The maximum absolute atomic E-state index is 12.4. The Morgan fingerprint density at radius 3 is 2.56 bits per heavy atom. The predicted molar refractivity (Wildman–Crippen MR) is 103 cm³/mol. The SMILES string of the molecule is CCc1ccc(C=C2SC(=O)N(CCOc3ccc(C)cc3)C2=O)s1. The van der Waals surface area contributed by atoms with Crippen LogP contribution in [0.25, 0.3) is 6.08 Å². The van der Waals surface area contributed by atoms with Gasteiger partial charge in [-0.05, 0) is 55.4 Å². The quantitative estimate of drug-likeness (QED) is 0.687. The summed E-state index contributed by atoms with van der Waals surface area (Å²) in [6.45, 7) is 4.64. The van der Waals surface area contributed by atoms with E-state index in [-0.39, 0.29) is 24.3 Å². The first kappa shape index (κ1) is 17.8. The Hall–Kier alpha value is -2.05. The van der Waals surface area contributed by atoms with Crippen LogP contribution in [-0.2, 0) is 11.2 Å². The molecule has 0 aliphatic carbocycles. The van der Waals surface area contributed by atoms with E-state index in [1.165, 1.54) is 9.78 Å². The molecule has 130 valence electrons. The van der Waals surface area contributed by atoms with E-state index >= 15 is 0 Å². The lowest BCUT2D eigenvalue weighted by Gasteiger charge is -2.13. The lowest BCUT2D eigenvalue weighted by molar-refractivity contribution is -0.123. The van der Waals surface area contributed by atoms with E-state index in [0.717, 1.165) is 34.4 Å². The fraction of sp³-hybridized carbons (Fsp3) is 0.263. The summed E-state index contributed by atoms with van der Waals surface area (Å²) in [6.07, 6.45) is 2.77. The van der Waals surface area contributed by atoms with Crippen molar-refractivity contribution < 1.29 is 14.3 Å². The first-order valence-corrected chi connectivity index (χ1v) is 9.73. The number of hydrogen-bond acceptors (Lipinski definition) is 5. The number of benzene rings is 1. The lowest BCUT2D eigenvalue weighted by Crippen LogP contribution is -2.32. The van der Waals surface area contributed by atoms with Crippen molar-refractivity contribution in [2.24, 2.45) is 0 Å². The smallest absolute Gasteiger partial charge is 0.293 e. The summed E-state index contributed by atoms with van der Waals surface area (Å²) in [4.78, 5) is 28.5. The second-order valence-electron chi connectivity index (χ2n) is 5.65. The monoisotopic (exact) mass is 373 g/mol. The number of thioether (sulfide) groups is 1. The molecule has 3 rings (SSSR count). The van der Waals surface area contributed by atoms with Gasteiger partial charge < -0.3 is 4.74 Å². The fourth-order valence-corrected chi connectivity index (χ4v) is 4.20. The van der Waals surface area contributed by atoms with Gasteiger partial charge in [-0.25, -0.2) is 0 Å². The molecule has 2 amide bonds. The van der Waals surface area contributed by atoms with Crippen LogP contribution in [-0.4, -0.2) is 29.2 Å². The van der Waals surface area contributed by atoms with Crippen LogP contribution in [0.4, 0.5) is 4.79 Å². The Morgan fingerprint density at radius 2 is 1.88 bits per heavy atom. The van der Waals surface area contributed by atoms with Crippen LogP contribution in [0.5, 0.6) is 5.75 Å². The molecule has 0 saturated carbocycles. The molecule has 4 nitrogen and oxygen atoms in total. The van der Waals surface area contributed by atoms with Gasteiger partial charge in [-0.3, -0.25) is 14.5 Å². The number of aryl methyl sites for hydroxylation is 2. The average molecular weight is 373 g/mol. The Morgan fingerprint density at radius 1 is 1.12 bits per heavy atom. The maximum Gasteiger partial charge on any atom is 0.293 e. The fourth-order valence-electron chi connectivity index (χ4n) is 2.37. The minimum atomic E-state index is -0.242. The van der Waals surface area contributed by atoms with Crippen LogP contribution in [0.3, 0.4) is 0 Å². The molecule has 0 N–H and O–H groups in total. The van der Waals surface area contributed by atoms with Gasteiger partial charge in [-0.15, -0.1) is 11.3 Å². The summed E-state index contributed by atoms with van der Waals surface area (Å²) >= 11 is 2.64. The second kappa shape index (κ2) is 7.89. The van der Waals surface area contributed by atoms with E-state index in [1.807, 2.05) is 37.3 Å². The standard InChI is InChI=1S/C19H19NO3S2/c1-3-15-8-9-16(24-15)12-17-18(21)20(19(22)25-17)10-11-23-14-6-4-13(2)5-7-14/h4-9,12H,3,10-11H2,1-2H3. The van der Waals surface area contributed by atoms with Crippen molar-refractivity contribution in [3.8, 4) is 5.75 Å². The number of carbonyl (C=O) groups is 2. The molecule has 6 heteroatoms. The number of hydrogen-bond donors (Lipinski definition) is 0. The molecular weight excluding hydrogens is 354 g/mol. The Labute approximate surface area is 155 Å². The highest BCUT2D eigenvalue weighted by Gasteiger charge is 2.34. The van der Waals surface area contributed by atoms with Crippen LogP contribution in [0.2, 0.25) is 0 Å². The van der Waals surface area contributed by atoms with Crippen molar-refractivity contribution in [3.05, 3.63) is 56.6 Å². The molecule has 0 spiro atoms. The van der Waals surface area contributed by atoms with Crippen molar-refractivity contribution in [3.63, 3.8) is 0 Å². The molecule has 0 atom stereocenters. The van der Waals surface area contributed by atoms with Crippen LogP contribution in [0, 0.1) is 6.92 Å². The summed E-state index contributed by atoms with van der Waals surface area (Å²) in [5.41, 5.74) is 1.16. The molecular formula is C19H19NO3S2. The largest absolute Gasteiger partial charge is 0.492 e. The molecule has 1 aliphatic heterocycles. The molecule has 2 heterocycles. The van der Waals surface area contributed by atoms with Gasteiger partial charge in [-0.2, -0.15) is 0 Å². The third-order valence-electron chi connectivity index (χ3n) is 3.78. The number of nitrogens with zero attached hydrogens (tertiary/aromatic N) is 1. The van der Waals surface area contributed by atoms with Gasteiger partial charge in [0.25, 0.3) is 11.1 Å².